The first-order valence-electron chi connectivity index (χ1n) is 4.46. The maximum Gasteiger partial charge on any atom is 0.305 e. The van der Waals surface area contributed by atoms with Gasteiger partial charge in [-0.1, -0.05) is 0 Å². The van der Waals surface area contributed by atoms with Gasteiger partial charge in [0, 0.05) is 12.1 Å². The molecule has 0 atom stereocenters. The zero-order chi connectivity index (χ0) is 10.3. The molecule has 0 aromatic rings. The van der Waals surface area contributed by atoms with Gasteiger partial charge in [-0.15, -0.1) is 0 Å². The van der Waals surface area contributed by atoms with E-state index in [0.29, 0.717) is 13.2 Å². The highest BCUT2D eigenvalue weighted by Gasteiger charge is 2.13. The van der Waals surface area contributed by atoms with Crippen molar-refractivity contribution in [2.75, 3.05) is 20.3 Å². The van der Waals surface area contributed by atoms with Gasteiger partial charge in [-0.2, -0.15) is 0 Å². The van der Waals surface area contributed by atoms with Crippen molar-refractivity contribution in [1.82, 2.24) is 5.32 Å². The molecule has 0 aliphatic carbocycles. The lowest BCUT2D eigenvalue weighted by atomic mass is 10.0. The molecule has 0 aromatic carbocycles. The predicted molar refractivity (Wildman–Crippen MR) is 50.8 cm³/mol. The molecule has 0 aromatic heterocycles. The Bertz CT molecular complexity index is 157. The van der Waals surface area contributed by atoms with E-state index in [9.17, 15) is 4.79 Å². The highest BCUT2D eigenvalue weighted by Crippen LogP contribution is 2.06. The molecule has 13 heavy (non-hydrogen) atoms. The Hall–Kier alpha value is -0.610. The largest absolute Gasteiger partial charge is 0.481 e. The average Bonchev–Trinajstić information content (AvgIpc) is 2.03. The van der Waals surface area contributed by atoms with Gasteiger partial charge in [0.2, 0.25) is 0 Å². The van der Waals surface area contributed by atoms with Gasteiger partial charge in [-0.05, 0) is 27.3 Å². The number of carbonyl (C=O) groups is 1. The van der Waals surface area contributed by atoms with Crippen LogP contribution in [-0.2, 0) is 9.53 Å². The summed E-state index contributed by atoms with van der Waals surface area (Å²) in [4.78, 5) is 10.1. The highest BCUT2D eigenvalue weighted by molar-refractivity contribution is 5.66. The number of rotatable bonds is 7. The number of ether oxygens (including phenoxy) is 1. The Morgan fingerprint density at radius 1 is 1.46 bits per heavy atom. The summed E-state index contributed by atoms with van der Waals surface area (Å²) in [6.07, 6.45) is 0.961. The van der Waals surface area contributed by atoms with Crippen LogP contribution < -0.4 is 5.32 Å². The third kappa shape index (κ3) is 7.74. The first-order chi connectivity index (χ1) is 5.98. The van der Waals surface area contributed by atoms with E-state index >= 15 is 0 Å². The van der Waals surface area contributed by atoms with Crippen LogP contribution in [0.1, 0.15) is 26.7 Å². The minimum atomic E-state index is -0.812. The molecule has 0 saturated carbocycles. The summed E-state index contributed by atoms with van der Waals surface area (Å²) >= 11 is 0. The normalized spacial score (nSPS) is 11.6. The molecule has 0 aliphatic heterocycles. The van der Waals surface area contributed by atoms with Gasteiger partial charge in [-0.25, -0.2) is 0 Å². The maximum atomic E-state index is 10.1. The van der Waals surface area contributed by atoms with Gasteiger partial charge in [0.15, 0.2) is 0 Å². The fourth-order valence-corrected chi connectivity index (χ4v) is 0.714. The first kappa shape index (κ1) is 12.4. The lowest BCUT2D eigenvalue weighted by molar-refractivity contribution is -0.138. The van der Waals surface area contributed by atoms with Crippen LogP contribution in [0.3, 0.4) is 0 Å². The number of carboxylic acids is 1. The van der Waals surface area contributed by atoms with E-state index in [2.05, 4.69) is 19.2 Å². The molecule has 0 amide bonds. The molecule has 0 saturated heterocycles. The molecule has 0 radical (unpaired) electrons. The molecule has 78 valence electrons. The number of hydrogen-bond donors (Lipinski definition) is 2. The molecule has 2 N–H and O–H groups in total. The van der Waals surface area contributed by atoms with Crippen molar-refractivity contribution in [3.63, 3.8) is 0 Å². The summed E-state index contributed by atoms with van der Waals surface area (Å²) in [7, 11) is 1.90. The first-order valence-corrected chi connectivity index (χ1v) is 4.46. The quantitative estimate of drug-likeness (QED) is 0.583. The van der Waals surface area contributed by atoms with E-state index in [4.69, 9.17) is 9.84 Å². The standard InChI is InChI=1S/C9H19NO3/c1-9(2,10-3)5-7-13-6-4-8(11)12/h10H,4-7H2,1-3H3,(H,11,12). The lowest BCUT2D eigenvalue weighted by Gasteiger charge is -2.23. The van der Waals surface area contributed by atoms with E-state index in [1.807, 2.05) is 7.05 Å². The average molecular weight is 189 g/mol. The zero-order valence-corrected chi connectivity index (χ0v) is 8.59. The molecular formula is C9H19NO3. The van der Waals surface area contributed by atoms with Crippen molar-refractivity contribution in [3.05, 3.63) is 0 Å². The number of carboxylic acid groups (broad SMARTS) is 1. The van der Waals surface area contributed by atoms with Gasteiger partial charge in [0.1, 0.15) is 0 Å². The minimum Gasteiger partial charge on any atom is -0.481 e. The monoisotopic (exact) mass is 189 g/mol. The summed E-state index contributed by atoms with van der Waals surface area (Å²) in [6, 6.07) is 0. The molecule has 0 spiro atoms. The Kier molecular flexibility index (Phi) is 5.66. The van der Waals surface area contributed by atoms with Crippen molar-refractivity contribution in [3.8, 4) is 0 Å². The van der Waals surface area contributed by atoms with E-state index in [-0.39, 0.29) is 12.0 Å². The molecule has 0 bridgehead atoms. The number of aliphatic carboxylic acids is 1. The maximum absolute atomic E-state index is 10.1. The van der Waals surface area contributed by atoms with Gasteiger partial charge in [-0.3, -0.25) is 4.79 Å². The second-order valence-corrected chi connectivity index (χ2v) is 3.64. The minimum absolute atomic E-state index is 0.0588. The van der Waals surface area contributed by atoms with Gasteiger partial charge >= 0.3 is 5.97 Å². The second-order valence-electron chi connectivity index (χ2n) is 3.64. The summed E-state index contributed by atoms with van der Waals surface area (Å²) in [5.74, 6) is -0.812. The smallest absolute Gasteiger partial charge is 0.305 e. The van der Waals surface area contributed by atoms with Crippen LogP contribution in [-0.4, -0.2) is 36.9 Å². The summed E-state index contributed by atoms with van der Waals surface area (Å²) in [5, 5.41) is 11.5. The van der Waals surface area contributed by atoms with Crippen LogP contribution in [0.2, 0.25) is 0 Å². The molecule has 0 fully saturated rings. The topological polar surface area (TPSA) is 58.6 Å². The highest BCUT2D eigenvalue weighted by atomic mass is 16.5. The van der Waals surface area contributed by atoms with Crippen LogP contribution in [0.15, 0.2) is 0 Å². The van der Waals surface area contributed by atoms with Gasteiger partial charge in [0.05, 0.1) is 13.0 Å². The van der Waals surface area contributed by atoms with Crippen LogP contribution in [0.25, 0.3) is 0 Å². The molecule has 4 heteroatoms. The van der Waals surface area contributed by atoms with E-state index < -0.39 is 5.97 Å². The van der Waals surface area contributed by atoms with E-state index in [1.54, 1.807) is 0 Å². The lowest BCUT2D eigenvalue weighted by Crippen LogP contribution is -2.37. The molecular weight excluding hydrogens is 170 g/mol. The third-order valence-corrected chi connectivity index (χ3v) is 2.01. The fraction of sp³-hybridized carbons (Fsp3) is 0.889. The third-order valence-electron chi connectivity index (χ3n) is 2.01. The molecule has 0 heterocycles. The number of nitrogens with one attached hydrogen (secondary N) is 1. The van der Waals surface area contributed by atoms with Crippen LogP contribution in [0, 0.1) is 0 Å². The van der Waals surface area contributed by atoms with E-state index in [1.165, 1.54) is 0 Å². The zero-order valence-electron chi connectivity index (χ0n) is 8.59. The summed E-state index contributed by atoms with van der Waals surface area (Å²) < 4.78 is 5.16. The van der Waals surface area contributed by atoms with Crippen LogP contribution >= 0.6 is 0 Å². The van der Waals surface area contributed by atoms with Crippen molar-refractivity contribution in [2.24, 2.45) is 0 Å². The molecule has 0 unspecified atom stereocenters. The number of hydrogen-bond acceptors (Lipinski definition) is 3. The van der Waals surface area contributed by atoms with Crippen molar-refractivity contribution in [2.45, 2.75) is 32.2 Å². The van der Waals surface area contributed by atoms with E-state index in [0.717, 1.165) is 6.42 Å². The van der Waals surface area contributed by atoms with Crippen molar-refractivity contribution >= 4 is 5.97 Å². The Morgan fingerprint density at radius 3 is 2.54 bits per heavy atom. The van der Waals surface area contributed by atoms with Crippen molar-refractivity contribution in [1.29, 1.82) is 0 Å². The molecule has 4 nitrogen and oxygen atoms in total. The summed E-state index contributed by atoms with van der Waals surface area (Å²) in [5.41, 5.74) is 0.0588. The van der Waals surface area contributed by atoms with Crippen LogP contribution in [0.4, 0.5) is 0 Å². The molecule has 0 aliphatic rings. The SMILES string of the molecule is CNC(C)(C)CCOCCC(=O)O. The Morgan fingerprint density at radius 2 is 2.08 bits per heavy atom. The van der Waals surface area contributed by atoms with Gasteiger partial charge in [0.25, 0.3) is 0 Å². The van der Waals surface area contributed by atoms with Crippen LogP contribution in [0.5, 0.6) is 0 Å². The van der Waals surface area contributed by atoms with Gasteiger partial charge < -0.3 is 15.2 Å². The van der Waals surface area contributed by atoms with Crippen molar-refractivity contribution < 1.29 is 14.6 Å². The fourth-order valence-electron chi connectivity index (χ4n) is 0.714. The Labute approximate surface area is 79.3 Å². The predicted octanol–water partition coefficient (Wildman–Crippen LogP) is 0.866. The second kappa shape index (κ2) is 5.94. The summed E-state index contributed by atoms with van der Waals surface area (Å²) in [6.45, 7) is 5.05. The molecule has 0 rings (SSSR count). The Balaban J connectivity index is 3.30.